The van der Waals surface area contributed by atoms with E-state index in [0.29, 0.717) is 17.9 Å². The van der Waals surface area contributed by atoms with Gasteiger partial charge in [-0.25, -0.2) is 0 Å². The van der Waals surface area contributed by atoms with Crippen LogP contribution in [0.3, 0.4) is 0 Å². The van der Waals surface area contributed by atoms with E-state index < -0.39 is 11.9 Å². The molecule has 0 saturated heterocycles. The van der Waals surface area contributed by atoms with Crippen LogP contribution < -0.4 is 0 Å². The van der Waals surface area contributed by atoms with Crippen LogP contribution in [0, 0.1) is 11.8 Å². The Balaban J connectivity index is 2.08. The molecular formula is C14H16O3. The highest BCUT2D eigenvalue weighted by Crippen LogP contribution is 2.41. The highest BCUT2D eigenvalue weighted by molar-refractivity contribution is 6.02. The van der Waals surface area contributed by atoms with Gasteiger partial charge in [0.2, 0.25) is 0 Å². The van der Waals surface area contributed by atoms with Gasteiger partial charge in [-0.15, -0.1) is 0 Å². The number of carbonyl (C=O) groups is 2. The van der Waals surface area contributed by atoms with E-state index >= 15 is 0 Å². The molecule has 3 heteroatoms. The maximum absolute atomic E-state index is 11.9. The van der Waals surface area contributed by atoms with Gasteiger partial charge in [-0.2, -0.15) is 0 Å². The van der Waals surface area contributed by atoms with Crippen molar-refractivity contribution in [2.75, 3.05) is 0 Å². The third-order valence-corrected chi connectivity index (χ3v) is 3.31. The number of carboxylic acid groups (broad SMARTS) is 1. The molecule has 1 aliphatic rings. The minimum Gasteiger partial charge on any atom is -0.481 e. The lowest BCUT2D eigenvalue weighted by atomic mass is 9.99. The minimum atomic E-state index is -0.859. The summed E-state index contributed by atoms with van der Waals surface area (Å²) >= 11 is 0. The molecule has 0 aliphatic heterocycles. The summed E-state index contributed by atoms with van der Waals surface area (Å²) in [6, 6.07) is 7.48. The molecule has 1 saturated carbocycles. The van der Waals surface area contributed by atoms with Crippen LogP contribution in [0.15, 0.2) is 24.3 Å². The first-order valence-corrected chi connectivity index (χ1v) is 5.87. The molecule has 2 rings (SSSR count). The van der Waals surface area contributed by atoms with E-state index in [1.54, 1.807) is 12.1 Å². The van der Waals surface area contributed by atoms with Crippen molar-refractivity contribution in [3.05, 3.63) is 35.4 Å². The standard InChI is InChI=1S/C14H16O3/c1-8(2)9-3-5-10(6-4-9)13(15)11-7-12(11)14(16)17/h3-6,8,11-12H,7H2,1-2H3,(H,16,17)/t11-,12+/m0/s1. The van der Waals surface area contributed by atoms with Crippen molar-refractivity contribution in [3.8, 4) is 0 Å². The van der Waals surface area contributed by atoms with Crippen molar-refractivity contribution in [2.24, 2.45) is 11.8 Å². The maximum Gasteiger partial charge on any atom is 0.307 e. The number of carboxylic acids is 1. The average molecular weight is 232 g/mol. The molecule has 0 bridgehead atoms. The molecule has 2 atom stereocenters. The van der Waals surface area contributed by atoms with Crippen molar-refractivity contribution in [1.29, 1.82) is 0 Å². The van der Waals surface area contributed by atoms with Gasteiger partial charge in [-0.1, -0.05) is 38.1 Å². The molecule has 1 N–H and O–H groups in total. The van der Waals surface area contributed by atoms with Crippen LogP contribution in [0.25, 0.3) is 0 Å². The largest absolute Gasteiger partial charge is 0.481 e. The van der Waals surface area contributed by atoms with E-state index in [4.69, 9.17) is 5.11 Å². The molecule has 1 aliphatic carbocycles. The number of rotatable bonds is 4. The quantitative estimate of drug-likeness (QED) is 0.812. The molecule has 17 heavy (non-hydrogen) atoms. The topological polar surface area (TPSA) is 54.4 Å². The Bertz CT molecular complexity index is 445. The molecular weight excluding hydrogens is 216 g/mol. The number of benzene rings is 1. The fourth-order valence-electron chi connectivity index (χ4n) is 2.00. The molecule has 0 radical (unpaired) electrons. The van der Waals surface area contributed by atoms with Crippen LogP contribution in [-0.4, -0.2) is 16.9 Å². The molecule has 1 aromatic rings. The predicted octanol–water partition coefficient (Wildman–Crippen LogP) is 2.71. The van der Waals surface area contributed by atoms with Gasteiger partial charge in [0, 0.05) is 11.5 Å². The van der Waals surface area contributed by atoms with Crippen molar-refractivity contribution in [3.63, 3.8) is 0 Å². The van der Waals surface area contributed by atoms with Gasteiger partial charge in [0.05, 0.1) is 5.92 Å². The van der Waals surface area contributed by atoms with Crippen LogP contribution in [0.5, 0.6) is 0 Å². The van der Waals surface area contributed by atoms with E-state index in [1.807, 2.05) is 12.1 Å². The molecule has 0 aromatic heterocycles. The Morgan fingerprint density at radius 2 is 1.76 bits per heavy atom. The number of carbonyl (C=O) groups excluding carboxylic acids is 1. The Kier molecular flexibility index (Phi) is 3.01. The van der Waals surface area contributed by atoms with Gasteiger partial charge < -0.3 is 5.11 Å². The van der Waals surface area contributed by atoms with E-state index in [2.05, 4.69) is 13.8 Å². The molecule has 3 nitrogen and oxygen atoms in total. The summed E-state index contributed by atoms with van der Waals surface area (Å²) in [5.41, 5.74) is 1.82. The summed E-state index contributed by atoms with van der Waals surface area (Å²) in [6.07, 6.45) is 0.486. The zero-order chi connectivity index (χ0) is 12.6. The van der Waals surface area contributed by atoms with Gasteiger partial charge in [0.15, 0.2) is 5.78 Å². The molecule has 0 spiro atoms. The highest BCUT2D eigenvalue weighted by Gasteiger charge is 2.48. The van der Waals surface area contributed by atoms with Crippen LogP contribution in [-0.2, 0) is 4.79 Å². The number of Topliss-reactive ketones (excluding diaryl/α,β-unsaturated/α-hetero) is 1. The lowest BCUT2D eigenvalue weighted by Crippen LogP contribution is -2.08. The predicted molar refractivity (Wildman–Crippen MR) is 64.1 cm³/mol. The van der Waals surface area contributed by atoms with Crippen molar-refractivity contribution in [2.45, 2.75) is 26.2 Å². The Hall–Kier alpha value is -1.64. The molecule has 1 fully saturated rings. The van der Waals surface area contributed by atoms with E-state index in [9.17, 15) is 9.59 Å². The summed E-state index contributed by atoms with van der Waals surface area (Å²) in [4.78, 5) is 22.6. The summed E-state index contributed by atoms with van der Waals surface area (Å²) in [5, 5.41) is 8.78. The second-order valence-electron chi connectivity index (χ2n) is 4.93. The number of hydrogen-bond donors (Lipinski definition) is 1. The van der Waals surface area contributed by atoms with E-state index in [-0.39, 0.29) is 11.7 Å². The SMILES string of the molecule is CC(C)c1ccc(C(=O)[C@H]2C[C@H]2C(=O)O)cc1. The number of aliphatic carboxylic acids is 1. The Morgan fingerprint density at radius 1 is 1.18 bits per heavy atom. The first kappa shape index (κ1) is 11.8. The Morgan fingerprint density at radius 3 is 2.18 bits per heavy atom. The number of ketones is 1. The summed E-state index contributed by atoms with van der Waals surface area (Å²) in [7, 11) is 0. The molecule has 0 amide bonds. The van der Waals surface area contributed by atoms with Gasteiger partial charge >= 0.3 is 5.97 Å². The molecule has 0 heterocycles. The fourth-order valence-corrected chi connectivity index (χ4v) is 2.00. The zero-order valence-electron chi connectivity index (χ0n) is 10.0. The summed E-state index contributed by atoms with van der Waals surface area (Å²) in [5.74, 6) is -1.23. The summed E-state index contributed by atoms with van der Waals surface area (Å²) < 4.78 is 0. The van der Waals surface area contributed by atoms with Crippen molar-refractivity contribution in [1.82, 2.24) is 0 Å². The smallest absolute Gasteiger partial charge is 0.307 e. The van der Waals surface area contributed by atoms with Crippen LogP contribution in [0.4, 0.5) is 0 Å². The van der Waals surface area contributed by atoms with Gasteiger partial charge in [-0.3, -0.25) is 9.59 Å². The van der Waals surface area contributed by atoms with Crippen LogP contribution in [0.2, 0.25) is 0 Å². The zero-order valence-corrected chi connectivity index (χ0v) is 10.0. The lowest BCUT2D eigenvalue weighted by Gasteiger charge is -2.06. The van der Waals surface area contributed by atoms with Crippen LogP contribution in [0.1, 0.15) is 42.1 Å². The van der Waals surface area contributed by atoms with E-state index in [0.717, 1.165) is 0 Å². The molecule has 90 valence electrons. The fraction of sp³-hybridized carbons (Fsp3) is 0.429. The van der Waals surface area contributed by atoms with Gasteiger partial charge in [0.1, 0.15) is 0 Å². The van der Waals surface area contributed by atoms with E-state index in [1.165, 1.54) is 5.56 Å². The third kappa shape index (κ3) is 2.38. The second kappa shape index (κ2) is 4.32. The maximum atomic E-state index is 11.9. The first-order valence-electron chi connectivity index (χ1n) is 5.87. The first-order chi connectivity index (χ1) is 8.00. The highest BCUT2D eigenvalue weighted by atomic mass is 16.4. The molecule has 1 aromatic carbocycles. The molecule has 0 unspecified atom stereocenters. The minimum absolute atomic E-state index is 0.0345. The normalized spacial score (nSPS) is 22.5. The second-order valence-corrected chi connectivity index (χ2v) is 4.93. The van der Waals surface area contributed by atoms with Crippen molar-refractivity contribution >= 4 is 11.8 Å². The van der Waals surface area contributed by atoms with Gasteiger partial charge in [-0.05, 0) is 17.9 Å². The Labute approximate surface area is 100 Å². The summed E-state index contributed by atoms with van der Waals surface area (Å²) in [6.45, 7) is 4.19. The van der Waals surface area contributed by atoms with Crippen LogP contribution >= 0.6 is 0 Å². The van der Waals surface area contributed by atoms with Gasteiger partial charge in [0.25, 0.3) is 0 Å². The third-order valence-electron chi connectivity index (χ3n) is 3.31. The van der Waals surface area contributed by atoms with Crippen molar-refractivity contribution < 1.29 is 14.7 Å². The number of hydrogen-bond acceptors (Lipinski definition) is 2. The lowest BCUT2D eigenvalue weighted by molar-refractivity contribution is -0.138. The average Bonchev–Trinajstić information content (AvgIpc) is 3.08. The monoisotopic (exact) mass is 232 g/mol.